The van der Waals surface area contributed by atoms with Gasteiger partial charge < -0.3 is 0 Å². The quantitative estimate of drug-likeness (QED) is 0.472. The maximum absolute atomic E-state index is 13.6. The van der Waals surface area contributed by atoms with E-state index in [1.165, 1.54) is 12.1 Å². The van der Waals surface area contributed by atoms with Crippen LogP contribution in [0.4, 0.5) is 17.6 Å². The molecule has 0 aliphatic carbocycles. The molecule has 1 aromatic heterocycles. The summed E-state index contributed by atoms with van der Waals surface area (Å²) in [5, 5.41) is 0. The third kappa shape index (κ3) is 2.62. The minimum absolute atomic E-state index is 0.00776. The monoisotopic (exact) mass is 269 g/mol. The number of nitrogens with zero attached hydrogens (tertiary/aromatic N) is 1. The second-order valence-electron chi connectivity index (χ2n) is 3.77. The Kier molecular flexibility index (Phi) is 3.33. The van der Waals surface area contributed by atoms with Gasteiger partial charge in [-0.15, -0.1) is 0 Å². The summed E-state index contributed by atoms with van der Waals surface area (Å²) < 4.78 is 52.1. The van der Waals surface area contributed by atoms with Gasteiger partial charge in [-0.05, 0) is 17.7 Å². The standard InChI is InChI=1S/C13H7F4NO/c14-12-10(5-8(7-19)6-18-12)9-3-1-2-4-11(9)13(15,16)17/h1-7H. The van der Waals surface area contributed by atoms with Gasteiger partial charge in [-0.3, -0.25) is 4.79 Å². The molecule has 0 fully saturated rings. The molecule has 98 valence electrons. The van der Waals surface area contributed by atoms with Crippen LogP contribution in [-0.2, 0) is 6.18 Å². The lowest BCUT2D eigenvalue weighted by Gasteiger charge is -2.13. The Morgan fingerprint density at radius 2 is 1.79 bits per heavy atom. The Hall–Kier alpha value is -2.24. The van der Waals surface area contributed by atoms with Crippen molar-refractivity contribution in [2.75, 3.05) is 0 Å². The van der Waals surface area contributed by atoms with Crippen molar-refractivity contribution in [1.82, 2.24) is 4.98 Å². The van der Waals surface area contributed by atoms with Crippen molar-refractivity contribution in [2.24, 2.45) is 0 Å². The van der Waals surface area contributed by atoms with Gasteiger partial charge in [-0.1, -0.05) is 18.2 Å². The van der Waals surface area contributed by atoms with Gasteiger partial charge in [-0.2, -0.15) is 17.6 Å². The third-order valence-electron chi connectivity index (χ3n) is 2.52. The summed E-state index contributed by atoms with van der Waals surface area (Å²) in [7, 11) is 0. The first-order valence-electron chi connectivity index (χ1n) is 5.21. The molecule has 19 heavy (non-hydrogen) atoms. The van der Waals surface area contributed by atoms with E-state index in [1.54, 1.807) is 0 Å². The number of benzene rings is 1. The van der Waals surface area contributed by atoms with Crippen molar-refractivity contribution in [3.8, 4) is 11.1 Å². The number of pyridine rings is 1. The van der Waals surface area contributed by atoms with Crippen LogP contribution in [0.2, 0.25) is 0 Å². The molecule has 1 heterocycles. The fourth-order valence-corrected chi connectivity index (χ4v) is 1.68. The molecule has 0 aliphatic heterocycles. The summed E-state index contributed by atoms with van der Waals surface area (Å²) in [6, 6.07) is 5.60. The zero-order valence-electron chi connectivity index (χ0n) is 9.41. The third-order valence-corrected chi connectivity index (χ3v) is 2.52. The lowest BCUT2D eigenvalue weighted by molar-refractivity contribution is -0.137. The largest absolute Gasteiger partial charge is 0.417 e. The highest BCUT2D eigenvalue weighted by molar-refractivity contribution is 5.79. The molecule has 0 unspecified atom stereocenters. The zero-order chi connectivity index (χ0) is 14.0. The number of alkyl halides is 3. The fourth-order valence-electron chi connectivity index (χ4n) is 1.68. The molecule has 0 aliphatic rings. The average molecular weight is 269 g/mol. The molecule has 1 aromatic carbocycles. The number of carbonyl (C=O) groups is 1. The van der Waals surface area contributed by atoms with E-state index in [4.69, 9.17) is 0 Å². The van der Waals surface area contributed by atoms with Gasteiger partial charge in [0.2, 0.25) is 5.95 Å². The maximum Gasteiger partial charge on any atom is 0.417 e. The first-order valence-corrected chi connectivity index (χ1v) is 5.21. The van der Waals surface area contributed by atoms with Crippen molar-refractivity contribution in [3.63, 3.8) is 0 Å². The molecule has 2 rings (SSSR count). The molecule has 0 radical (unpaired) electrons. The van der Waals surface area contributed by atoms with E-state index in [1.807, 2.05) is 0 Å². The van der Waals surface area contributed by atoms with Gasteiger partial charge in [0.05, 0.1) is 5.56 Å². The van der Waals surface area contributed by atoms with Crippen LogP contribution >= 0.6 is 0 Å². The van der Waals surface area contributed by atoms with E-state index >= 15 is 0 Å². The van der Waals surface area contributed by atoms with Crippen molar-refractivity contribution >= 4 is 6.29 Å². The van der Waals surface area contributed by atoms with Crippen LogP contribution < -0.4 is 0 Å². The zero-order valence-corrected chi connectivity index (χ0v) is 9.41. The second kappa shape index (κ2) is 4.79. The number of aldehydes is 1. The van der Waals surface area contributed by atoms with Gasteiger partial charge in [0.25, 0.3) is 0 Å². The smallest absolute Gasteiger partial charge is 0.298 e. The van der Waals surface area contributed by atoms with Crippen molar-refractivity contribution in [2.45, 2.75) is 6.18 Å². The molecule has 2 nitrogen and oxygen atoms in total. The van der Waals surface area contributed by atoms with Crippen LogP contribution in [0.3, 0.4) is 0 Å². The van der Waals surface area contributed by atoms with Gasteiger partial charge >= 0.3 is 6.18 Å². The molecule has 0 saturated carbocycles. The highest BCUT2D eigenvalue weighted by Crippen LogP contribution is 2.37. The fraction of sp³-hybridized carbons (Fsp3) is 0.0769. The number of carbonyl (C=O) groups excluding carboxylic acids is 1. The van der Waals surface area contributed by atoms with E-state index in [9.17, 15) is 22.4 Å². The van der Waals surface area contributed by atoms with E-state index in [0.717, 1.165) is 24.4 Å². The highest BCUT2D eigenvalue weighted by Gasteiger charge is 2.34. The molecule has 6 heteroatoms. The van der Waals surface area contributed by atoms with Crippen LogP contribution in [0, 0.1) is 5.95 Å². The average Bonchev–Trinajstić information content (AvgIpc) is 2.38. The molecule has 0 spiro atoms. The Morgan fingerprint density at radius 1 is 1.11 bits per heavy atom. The van der Waals surface area contributed by atoms with E-state index in [-0.39, 0.29) is 16.7 Å². The normalized spacial score (nSPS) is 11.4. The van der Waals surface area contributed by atoms with Crippen molar-refractivity contribution in [1.29, 1.82) is 0 Å². The molecule has 0 N–H and O–H groups in total. The molecular formula is C13H7F4NO. The Balaban J connectivity index is 2.69. The number of halogens is 4. The Labute approximate surface area is 105 Å². The van der Waals surface area contributed by atoms with E-state index in [2.05, 4.69) is 4.98 Å². The molecule has 0 saturated heterocycles. The highest BCUT2D eigenvalue weighted by atomic mass is 19.4. The van der Waals surface area contributed by atoms with Gasteiger partial charge in [-0.25, -0.2) is 4.98 Å². The predicted molar refractivity (Wildman–Crippen MR) is 60.0 cm³/mol. The maximum atomic E-state index is 13.6. The minimum Gasteiger partial charge on any atom is -0.298 e. The summed E-state index contributed by atoms with van der Waals surface area (Å²) in [6.07, 6.45) is -3.26. The van der Waals surface area contributed by atoms with Gasteiger partial charge in [0.15, 0.2) is 6.29 Å². The lowest BCUT2D eigenvalue weighted by atomic mass is 9.99. The van der Waals surface area contributed by atoms with Gasteiger partial charge in [0.1, 0.15) is 0 Å². The van der Waals surface area contributed by atoms with Crippen LogP contribution in [0.1, 0.15) is 15.9 Å². The first-order chi connectivity index (χ1) is 8.93. The number of aromatic nitrogens is 1. The van der Waals surface area contributed by atoms with Crippen LogP contribution in [0.25, 0.3) is 11.1 Å². The molecule has 0 bridgehead atoms. The molecule has 0 atom stereocenters. The number of rotatable bonds is 2. The summed E-state index contributed by atoms with van der Waals surface area (Å²) in [5.74, 6) is -1.05. The van der Waals surface area contributed by atoms with Crippen LogP contribution in [0.15, 0.2) is 36.5 Å². The second-order valence-corrected chi connectivity index (χ2v) is 3.77. The van der Waals surface area contributed by atoms with Gasteiger partial charge in [0, 0.05) is 17.3 Å². The number of hydrogen-bond acceptors (Lipinski definition) is 2. The van der Waals surface area contributed by atoms with Crippen LogP contribution in [0.5, 0.6) is 0 Å². The lowest BCUT2D eigenvalue weighted by Crippen LogP contribution is -2.07. The molecular weight excluding hydrogens is 262 g/mol. The summed E-state index contributed by atoms with van der Waals surface area (Å²) in [4.78, 5) is 13.9. The Morgan fingerprint density at radius 3 is 2.42 bits per heavy atom. The molecule has 2 aromatic rings. The SMILES string of the molecule is O=Cc1cnc(F)c(-c2ccccc2C(F)(F)F)c1. The Bertz CT molecular complexity index is 622. The predicted octanol–water partition coefficient (Wildman–Crippen LogP) is 3.72. The number of hydrogen-bond donors (Lipinski definition) is 0. The van der Waals surface area contributed by atoms with E-state index < -0.39 is 17.7 Å². The van der Waals surface area contributed by atoms with Crippen molar-refractivity contribution in [3.05, 3.63) is 53.6 Å². The van der Waals surface area contributed by atoms with Crippen molar-refractivity contribution < 1.29 is 22.4 Å². The summed E-state index contributed by atoms with van der Waals surface area (Å²) >= 11 is 0. The summed E-state index contributed by atoms with van der Waals surface area (Å²) in [5.41, 5.74) is -1.66. The summed E-state index contributed by atoms with van der Waals surface area (Å²) in [6.45, 7) is 0. The topological polar surface area (TPSA) is 30.0 Å². The molecule has 0 amide bonds. The minimum atomic E-state index is -4.61. The van der Waals surface area contributed by atoms with Crippen LogP contribution in [-0.4, -0.2) is 11.3 Å². The van der Waals surface area contributed by atoms with E-state index in [0.29, 0.717) is 6.29 Å². The first kappa shape index (κ1) is 13.2.